The van der Waals surface area contributed by atoms with Crippen LogP contribution >= 0.6 is 0 Å². The number of oxazole rings is 1. The lowest BCUT2D eigenvalue weighted by molar-refractivity contribution is -0.124. The van der Waals surface area contributed by atoms with E-state index in [1.165, 1.54) is 0 Å². The largest absolute Gasteiger partial charge is 0.441 e. The second kappa shape index (κ2) is 5.01. The van der Waals surface area contributed by atoms with Crippen LogP contribution in [0.2, 0.25) is 0 Å². The molecule has 0 aliphatic carbocycles. The van der Waals surface area contributed by atoms with Gasteiger partial charge in [-0.3, -0.25) is 4.79 Å². The smallest absolute Gasteiger partial charge is 0.231 e. The molecule has 0 saturated carbocycles. The highest BCUT2D eigenvalue weighted by atomic mass is 16.3. The van der Waals surface area contributed by atoms with Crippen LogP contribution in [0.4, 0.5) is 5.69 Å². The average Bonchev–Trinajstić information content (AvgIpc) is 2.77. The van der Waals surface area contributed by atoms with E-state index in [2.05, 4.69) is 10.3 Å². The van der Waals surface area contributed by atoms with Gasteiger partial charge in [-0.1, -0.05) is 6.92 Å². The van der Waals surface area contributed by atoms with Gasteiger partial charge in [-0.15, -0.1) is 0 Å². The van der Waals surface area contributed by atoms with E-state index in [0.717, 1.165) is 5.52 Å². The van der Waals surface area contributed by atoms with Crippen LogP contribution in [0.5, 0.6) is 0 Å². The molecule has 0 radical (unpaired) electrons. The molecule has 0 saturated heterocycles. The van der Waals surface area contributed by atoms with E-state index in [9.17, 15) is 4.79 Å². The molecule has 1 atom stereocenters. The Bertz CT molecular complexity index is 600. The van der Waals surface area contributed by atoms with Crippen LogP contribution in [-0.4, -0.2) is 17.4 Å². The van der Waals surface area contributed by atoms with E-state index in [-0.39, 0.29) is 5.91 Å². The molecule has 0 aliphatic rings. The first-order chi connectivity index (χ1) is 8.98. The Morgan fingerprint density at radius 3 is 2.89 bits per heavy atom. The van der Waals surface area contributed by atoms with Gasteiger partial charge in [0.1, 0.15) is 5.52 Å². The zero-order chi connectivity index (χ0) is 14.0. The summed E-state index contributed by atoms with van der Waals surface area (Å²) in [7, 11) is 0. The Balaban J connectivity index is 2.23. The number of carbonyl (C=O) groups excluding carboxylic acids is 1. The second-order valence-electron chi connectivity index (χ2n) is 4.99. The van der Waals surface area contributed by atoms with Gasteiger partial charge in [0.15, 0.2) is 11.5 Å². The number of nitrogens with two attached hydrogens (primary N) is 1. The van der Waals surface area contributed by atoms with Gasteiger partial charge in [0.2, 0.25) is 5.91 Å². The minimum Gasteiger partial charge on any atom is -0.441 e. The molecule has 0 aliphatic heterocycles. The highest BCUT2D eigenvalue weighted by Gasteiger charge is 2.29. The van der Waals surface area contributed by atoms with E-state index >= 15 is 0 Å². The first-order valence-electron chi connectivity index (χ1n) is 6.37. The van der Waals surface area contributed by atoms with Crippen LogP contribution in [0.15, 0.2) is 22.6 Å². The van der Waals surface area contributed by atoms with Crippen LogP contribution in [0.1, 0.15) is 26.2 Å². The summed E-state index contributed by atoms with van der Waals surface area (Å²) in [5.41, 5.74) is 7.29. The third-order valence-corrected chi connectivity index (χ3v) is 3.53. The van der Waals surface area contributed by atoms with Crippen molar-refractivity contribution in [3.63, 3.8) is 0 Å². The minimum absolute atomic E-state index is 0.0722. The highest BCUT2D eigenvalue weighted by Crippen LogP contribution is 2.24. The predicted octanol–water partition coefficient (Wildman–Crippen LogP) is 2.45. The highest BCUT2D eigenvalue weighted by molar-refractivity contribution is 5.96. The number of hydrogen-bond donors (Lipinski definition) is 2. The summed E-state index contributed by atoms with van der Waals surface area (Å²) in [6, 6.07) is 5.41. The number of aromatic nitrogens is 1. The Morgan fingerprint density at radius 2 is 2.26 bits per heavy atom. The third kappa shape index (κ3) is 2.61. The summed E-state index contributed by atoms with van der Waals surface area (Å²) in [5, 5.41) is 2.89. The molecule has 0 fully saturated rings. The fourth-order valence-electron chi connectivity index (χ4n) is 1.80. The van der Waals surface area contributed by atoms with Crippen LogP contribution < -0.4 is 11.1 Å². The lowest BCUT2D eigenvalue weighted by Gasteiger charge is -2.24. The molecule has 1 aromatic heterocycles. The topological polar surface area (TPSA) is 81.2 Å². The molecular formula is C14H19N3O2. The van der Waals surface area contributed by atoms with Gasteiger partial charge in [0.25, 0.3) is 0 Å². The molecule has 1 aromatic carbocycles. The lowest BCUT2D eigenvalue weighted by Crippen LogP contribution is -2.39. The minimum atomic E-state index is -0.547. The molecule has 2 aromatic rings. The summed E-state index contributed by atoms with van der Waals surface area (Å²) in [4.78, 5) is 16.4. The van der Waals surface area contributed by atoms with Crippen LogP contribution in [-0.2, 0) is 4.79 Å². The fourth-order valence-corrected chi connectivity index (χ4v) is 1.80. The van der Waals surface area contributed by atoms with Crippen molar-refractivity contribution in [3.05, 3.63) is 24.1 Å². The molecule has 3 N–H and O–H groups in total. The van der Waals surface area contributed by atoms with E-state index < -0.39 is 5.41 Å². The number of anilines is 1. The first kappa shape index (κ1) is 13.5. The maximum atomic E-state index is 12.2. The van der Waals surface area contributed by atoms with Gasteiger partial charge in [-0.25, -0.2) is 4.98 Å². The quantitative estimate of drug-likeness (QED) is 0.885. The summed E-state index contributed by atoms with van der Waals surface area (Å²) in [6.45, 7) is 5.93. The zero-order valence-corrected chi connectivity index (χ0v) is 11.5. The molecule has 1 amide bonds. The van der Waals surface area contributed by atoms with E-state index in [1.54, 1.807) is 25.1 Å². The molecule has 102 valence electrons. The van der Waals surface area contributed by atoms with Crippen molar-refractivity contribution in [1.82, 2.24) is 4.98 Å². The van der Waals surface area contributed by atoms with Crippen molar-refractivity contribution in [2.75, 3.05) is 11.9 Å². The predicted molar refractivity (Wildman–Crippen MR) is 74.8 cm³/mol. The standard InChI is InChI=1S/C14H19N3O2/c1-4-14(3,8-15)13(18)17-10-5-6-12-11(7-10)16-9(2)19-12/h5-7H,4,8,15H2,1-3H3,(H,17,18). The summed E-state index contributed by atoms with van der Waals surface area (Å²) in [5.74, 6) is 0.538. The molecule has 19 heavy (non-hydrogen) atoms. The number of benzene rings is 1. The van der Waals surface area contributed by atoms with Crippen LogP contribution in [0.3, 0.4) is 0 Å². The fraction of sp³-hybridized carbons (Fsp3) is 0.429. The second-order valence-corrected chi connectivity index (χ2v) is 4.99. The normalized spacial score (nSPS) is 14.3. The number of nitrogens with zero attached hydrogens (tertiary/aromatic N) is 1. The monoisotopic (exact) mass is 261 g/mol. The molecule has 0 bridgehead atoms. The van der Waals surface area contributed by atoms with Crippen molar-refractivity contribution in [1.29, 1.82) is 0 Å². The SMILES string of the molecule is CCC(C)(CN)C(=O)Nc1ccc2oc(C)nc2c1. The van der Waals surface area contributed by atoms with E-state index in [0.29, 0.717) is 30.1 Å². The number of aryl methyl sites for hydroxylation is 1. The number of fused-ring (bicyclic) bond motifs is 1. The van der Waals surface area contributed by atoms with Crippen molar-refractivity contribution in [3.8, 4) is 0 Å². The number of rotatable bonds is 4. The average molecular weight is 261 g/mol. The Hall–Kier alpha value is -1.88. The van der Waals surface area contributed by atoms with Crippen LogP contribution in [0, 0.1) is 12.3 Å². The summed E-state index contributed by atoms with van der Waals surface area (Å²) < 4.78 is 5.39. The van der Waals surface area contributed by atoms with Crippen molar-refractivity contribution >= 4 is 22.7 Å². The molecule has 1 unspecified atom stereocenters. The molecule has 5 nitrogen and oxygen atoms in total. The van der Waals surface area contributed by atoms with Gasteiger partial charge in [-0.2, -0.15) is 0 Å². The molecule has 0 spiro atoms. The number of carbonyl (C=O) groups is 1. The van der Waals surface area contributed by atoms with Gasteiger partial charge < -0.3 is 15.5 Å². The van der Waals surface area contributed by atoms with Gasteiger partial charge in [-0.05, 0) is 31.5 Å². The zero-order valence-electron chi connectivity index (χ0n) is 11.5. The third-order valence-electron chi connectivity index (χ3n) is 3.53. The van der Waals surface area contributed by atoms with E-state index in [1.807, 2.05) is 13.8 Å². The number of hydrogen-bond acceptors (Lipinski definition) is 4. The van der Waals surface area contributed by atoms with Gasteiger partial charge in [0.05, 0.1) is 5.41 Å². The van der Waals surface area contributed by atoms with E-state index in [4.69, 9.17) is 10.2 Å². The number of amides is 1. The summed E-state index contributed by atoms with van der Waals surface area (Å²) in [6.07, 6.45) is 0.695. The number of nitrogens with one attached hydrogen (secondary N) is 1. The first-order valence-corrected chi connectivity index (χ1v) is 6.37. The van der Waals surface area contributed by atoms with Gasteiger partial charge in [0, 0.05) is 19.2 Å². The Morgan fingerprint density at radius 1 is 1.53 bits per heavy atom. The molecule has 1 heterocycles. The Kier molecular flexibility index (Phi) is 3.57. The molecule has 5 heteroatoms. The molecule has 2 rings (SSSR count). The lowest BCUT2D eigenvalue weighted by atomic mass is 9.86. The molecular weight excluding hydrogens is 242 g/mol. The van der Waals surface area contributed by atoms with Crippen LogP contribution in [0.25, 0.3) is 11.1 Å². The maximum Gasteiger partial charge on any atom is 0.231 e. The van der Waals surface area contributed by atoms with Gasteiger partial charge >= 0.3 is 0 Å². The maximum absolute atomic E-state index is 12.2. The Labute approximate surface area is 112 Å². The van der Waals surface area contributed by atoms with Crippen molar-refractivity contribution in [2.24, 2.45) is 11.1 Å². The summed E-state index contributed by atoms with van der Waals surface area (Å²) >= 11 is 0. The van der Waals surface area contributed by atoms with Crippen molar-refractivity contribution in [2.45, 2.75) is 27.2 Å². The van der Waals surface area contributed by atoms with Crippen molar-refractivity contribution < 1.29 is 9.21 Å².